The minimum atomic E-state index is -4.68. The van der Waals surface area contributed by atoms with E-state index in [4.69, 9.17) is 0 Å². The number of anilines is 1. The number of benzene rings is 1. The monoisotopic (exact) mass is 326 g/mol. The first kappa shape index (κ1) is 17.2. The maximum absolute atomic E-state index is 12.1. The molecule has 21 heavy (non-hydrogen) atoms. The molecule has 1 aromatic rings. The Balaban J connectivity index is 3.08. The van der Waals surface area contributed by atoms with E-state index in [2.05, 4.69) is 4.74 Å². The van der Waals surface area contributed by atoms with Crippen LogP contribution in [0.5, 0.6) is 0 Å². The summed E-state index contributed by atoms with van der Waals surface area (Å²) in [5, 5.41) is 0. The van der Waals surface area contributed by atoms with Crippen molar-refractivity contribution >= 4 is 21.9 Å². The average Bonchev–Trinajstić information content (AvgIpc) is 2.43. The largest absolute Gasteiger partial charge is 0.465 e. The predicted molar refractivity (Wildman–Crippen MR) is 69.2 cm³/mol. The number of rotatable bonds is 5. The highest BCUT2D eigenvalue weighted by molar-refractivity contribution is 7.90. The molecule has 0 aromatic heterocycles. The van der Waals surface area contributed by atoms with E-state index in [0.29, 0.717) is 4.31 Å². The summed E-state index contributed by atoms with van der Waals surface area (Å²) in [6, 6.07) is 5.49. The second kappa shape index (κ2) is 6.31. The van der Waals surface area contributed by atoms with Gasteiger partial charge in [-0.15, -0.1) is 0 Å². The molecule has 0 aliphatic rings. The number of hydrogen-bond donors (Lipinski definition) is 1. The summed E-state index contributed by atoms with van der Waals surface area (Å²) in [6.07, 6.45) is -4.68. The SMILES string of the molecule is COC(=O)c1ccccc1N(C)S(=O)(=O)NCC(F)(F)F. The molecule has 0 bridgehead atoms. The van der Waals surface area contributed by atoms with Crippen LogP contribution in [0.1, 0.15) is 10.4 Å². The van der Waals surface area contributed by atoms with Crippen LogP contribution in [-0.2, 0) is 14.9 Å². The van der Waals surface area contributed by atoms with E-state index in [1.807, 2.05) is 0 Å². The Bertz CT molecular complexity index is 616. The Kier molecular flexibility index (Phi) is 5.18. The number of carbonyl (C=O) groups is 1. The molecule has 0 saturated heterocycles. The van der Waals surface area contributed by atoms with Crippen molar-refractivity contribution in [1.29, 1.82) is 0 Å². The average molecular weight is 326 g/mol. The molecular weight excluding hydrogens is 313 g/mol. The molecule has 0 unspecified atom stereocenters. The van der Waals surface area contributed by atoms with Crippen LogP contribution in [-0.4, -0.2) is 41.3 Å². The van der Waals surface area contributed by atoms with E-state index >= 15 is 0 Å². The first-order valence-electron chi connectivity index (χ1n) is 5.56. The molecule has 1 rings (SSSR count). The lowest BCUT2D eigenvalue weighted by Gasteiger charge is -2.22. The first-order chi connectivity index (χ1) is 9.58. The van der Waals surface area contributed by atoms with Gasteiger partial charge in [-0.25, -0.2) is 4.79 Å². The fourth-order valence-corrected chi connectivity index (χ4v) is 2.39. The van der Waals surface area contributed by atoms with E-state index < -0.39 is 28.9 Å². The van der Waals surface area contributed by atoms with Crippen molar-refractivity contribution in [3.63, 3.8) is 0 Å². The number of ether oxygens (including phenoxy) is 1. The van der Waals surface area contributed by atoms with E-state index in [9.17, 15) is 26.4 Å². The third-order valence-electron chi connectivity index (χ3n) is 2.46. The predicted octanol–water partition coefficient (Wildman–Crippen LogP) is 1.31. The number of methoxy groups -OCH3 is 1. The van der Waals surface area contributed by atoms with Crippen molar-refractivity contribution in [3.05, 3.63) is 29.8 Å². The number of carbonyl (C=O) groups excluding carboxylic acids is 1. The number of nitrogens with one attached hydrogen (secondary N) is 1. The maximum Gasteiger partial charge on any atom is 0.402 e. The van der Waals surface area contributed by atoms with Gasteiger partial charge in [-0.05, 0) is 12.1 Å². The molecule has 1 aromatic carbocycles. The van der Waals surface area contributed by atoms with Crippen LogP contribution in [0.2, 0.25) is 0 Å². The molecule has 118 valence electrons. The molecule has 0 fully saturated rings. The van der Waals surface area contributed by atoms with Gasteiger partial charge < -0.3 is 4.74 Å². The number of para-hydroxylation sites is 1. The summed E-state index contributed by atoms with van der Waals surface area (Å²) >= 11 is 0. The summed E-state index contributed by atoms with van der Waals surface area (Å²) in [5.41, 5.74) is -0.182. The Hall–Kier alpha value is -1.81. The van der Waals surface area contributed by atoms with Crippen LogP contribution in [0.4, 0.5) is 18.9 Å². The highest BCUT2D eigenvalue weighted by Crippen LogP contribution is 2.22. The zero-order valence-corrected chi connectivity index (χ0v) is 12.0. The molecule has 0 spiro atoms. The summed E-state index contributed by atoms with van der Waals surface area (Å²) in [4.78, 5) is 11.5. The van der Waals surface area contributed by atoms with Gasteiger partial charge in [0.15, 0.2) is 0 Å². The lowest BCUT2D eigenvalue weighted by atomic mass is 10.2. The fourth-order valence-electron chi connectivity index (χ4n) is 1.43. The van der Waals surface area contributed by atoms with Crippen LogP contribution in [0.3, 0.4) is 0 Å². The van der Waals surface area contributed by atoms with E-state index in [0.717, 1.165) is 14.2 Å². The minimum absolute atomic E-state index is 0.0834. The molecule has 10 heteroatoms. The van der Waals surface area contributed by atoms with Gasteiger partial charge in [0.25, 0.3) is 0 Å². The standard InChI is InChI=1S/C11H13F3N2O4S/c1-16(21(18,19)15-7-11(12,13)14)9-6-4-3-5-8(9)10(17)20-2/h3-6,15H,7H2,1-2H3. The second-order valence-electron chi connectivity index (χ2n) is 3.92. The third-order valence-corrected chi connectivity index (χ3v) is 3.89. The summed E-state index contributed by atoms with van der Waals surface area (Å²) in [7, 11) is -2.32. The Morgan fingerprint density at radius 2 is 1.90 bits per heavy atom. The van der Waals surface area contributed by atoms with Gasteiger partial charge in [0, 0.05) is 7.05 Å². The van der Waals surface area contributed by atoms with Crippen molar-refractivity contribution < 1.29 is 31.1 Å². The molecule has 0 atom stereocenters. The molecule has 0 saturated carbocycles. The van der Waals surface area contributed by atoms with Crippen LogP contribution < -0.4 is 9.03 Å². The van der Waals surface area contributed by atoms with Gasteiger partial charge in [-0.1, -0.05) is 12.1 Å². The molecule has 1 N–H and O–H groups in total. The number of hydrogen-bond acceptors (Lipinski definition) is 4. The molecule has 0 amide bonds. The number of halogens is 3. The van der Waals surface area contributed by atoms with Crippen molar-refractivity contribution in [2.24, 2.45) is 0 Å². The minimum Gasteiger partial charge on any atom is -0.465 e. The Morgan fingerprint density at radius 3 is 2.43 bits per heavy atom. The molecule has 0 radical (unpaired) electrons. The Morgan fingerprint density at radius 1 is 1.33 bits per heavy atom. The quantitative estimate of drug-likeness (QED) is 0.828. The van der Waals surface area contributed by atoms with Crippen LogP contribution in [0.25, 0.3) is 0 Å². The van der Waals surface area contributed by atoms with Crippen molar-refractivity contribution in [2.45, 2.75) is 6.18 Å². The maximum atomic E-state index is 12.1. The van der Waals surface area contributed by atoms with E-state index in [-0.39, 0.29) is 11.3 Å². The van der Waals surface area contributed by atoms with Gasteiger partial charge in [0.2, 0.25) is 0 Å². The van der Waals surface area contributed by atoms with Gasteiger partial charge in [-0.2, -0.15) is 26.3 Å². The topological polar surface area (TPSA) is 75.7 Å². The summed E-state index contributed by atoms with van der Waals surface area (Å²) < 4.78 is 66.3. The van der Waals surface area contributed by atoms with Crippen LogP contribution >= 0.6 is 0 Å². The highest BCUT2D eigenvalue weighted by atomic mass is 32.2. The number of esters is 1. The lowest BCUT2D eigenvalue weighted by molar-refractivity contribution is -0.121. The van der Waals surface area contributed by atoms with Gasteiger partial charge in [-0.3, -0.25) is 4.31 Å². The van der Waals surface area contributed by atoms with Gasteiger partial charge >= 0.3 is 22.4 Å². The van der Waals surface area contributed by atoms with Crippen LogP contribution in [0, 0.1) is 0 Å². The number of alkyl halides is 3. The van der Waals surface area contributed by atoms with Crippen molar-refractivity contribution in [1.82, 2.24) is 4.72 Å². The fraction of sp³-hybridized carbons (Fsp3) is 0.364. The zero-order valence-electron chi connectivity index (χ0n) is 11.1. The van der Waals surface area contributed by atoms with Crippen molar-refractivity contribution in [3.8, 4) is 0 Å². The third kappa shape index (κ3) is 4.60. The van der Waals surface area contributed by atoms with Crippen LogP contribution in [0.15, 0.2) is 24.3 Å². The summed E-state index contributed by atoms with van der Waals surface area (Å²) in [6.45, 7) is -1.71. The normalized spacial score (nSPS) is 12.0. The second-order valence-corrected chi connectivity index (χ2v) is 5.70. The molecule has 6 nitrogen and oxygen atoms in total. The van der Waals surface area contributed by atoms with Gasteiger partial charge in [0.05, 0.1) is 18.4 Å². The molecule has 0 aliphatic heterocycles. The van der Waals surface area contributed by atoms with Gasteiger partial charge in [0.1, 0.15) is 6.54 Å². The highest BCUT2D eigenvalue weighted by Gasteiger charge is 2.31. The Labute approximate surface area is 119 Å². The van der Waals surface area contributed by atoms with E-state index in [1.165, 1.54) is 29.0 Å². The molecule has 0 aliphatic carbocycles. The van der Waals surface area contributed by atoms with E-state index in [1.54, 1.807) is 0 Å². The lowest BCUT2D eigenvalue weighted by Crippen LogP contribution is -2.43. The van der Waals surface area contributed by atoms with Crippen molar-refractivity contribution in [2.75, 3.05) is 25.0 Å². The molecular formula is C11H13F3N2O4S. The smallest absolute Gasteiger partial charge is 0.402 e. The number of nitrogens with zero attached hydrogens (tertiary/aromatic N) is 1. The first-order valence-corrected chi connectivity index (χ1v) is 7.00. The molecule has 0 heterocycles. The zero-order chi connectivity index (χ0) is 16.3. The summed E-state index contributed by atoms with van der Waals surface area (Å²) in [5.74, 6) is -0.802.